The number of phenolic OH excluding ortho intramolecular Hbond substituents is 1. The van der Waals surface area contributed by atoms with Crippen LogP contribution < -0.4 is 65.1 Å². The molecule has 10 atom stereocenters. The number of guanidine groups is 1. The standard InChI is InChI=1S/C53H77N13O20/c1-26(2)42(66-47(80)34(17-20-41(74)75)60-44(77)31(54)24-67)51(84)65-38(25-68)50(83)64-37(23-29-11-13-30(69)14-12-29)48(81)61-32(15-18-39(70)71)45(78)58-27(3)43(76)59-33(16-19-40(72)73)46(79)63-36(22-28-8-5-4-6-9-28)49(82)62-35(52(85)86)10-7-21-57-53(55)56/h4-6,8-9,11-14,26-27,31-38,42,67-69H,7,10,15-25,54H2,1-3H3,(H,58,78)(H,59,76)(H,60,77)(H,61,81)(H,62,82)(H,63,79)(H,64,83)(H,65,84)(H,66,80)(H,70,71)(H,72,73)(H,74,75)(H,85,86)(H4,55,56,57)/t27-,31-,32-,33-,34-,35-,36-,37-,38-,42-/m0/s1. The van der Waals surface area contributed by atoms with Crippen molar-refractivity contribution in [1.82, 2.24) is 47.9 Å². The van der Waals surface area contributed by atoms with Gasteiger partial charge in [-0.2, -0.15) is 0 Å². The van der Waals surface area contributed by atoms with Crippen LogP contribution in [0.15, 0.2) is 59.6 Å². The summed E-state index contributed by atoms with van der Waals surface area (Å²) in [5, 5.41) is 88.7. The molecule has 22 N–H and O–H groups in total. The number of aliphatic imine (C=N–C) groups is 1. The van der Waals surface area contributed by atoms with Crippen LogP contribution in [0.1, 0.15) is 83.3 Å². The summed E-state index contributed by atoms with van der Waals surface area (Å²) in [6, 6.07) is -3.15. The molecule has 2 aromatic carbocycles. The van der Waals surface area contributed by atoms with E-state index in [0.717, 1.165) is 6.92 Å². The average molecular weight is 1220 g/mol. The molecular weight excluding hydrogens is 1140 g/mol. The molecule has 0 aliphatic heterocycles. The topological polar surface area (TPSA) is 562 Å². The first-order valence-corrected chi connectivity index (χ1v) is 26.9. The van der Waals surface area contributed by atoms with Gasteiger partial charge in [0.05, 0.1) is 13.2 Å². The Bertz CT molecular complexity index is 2710. The van der Waals surface area contributed by atoms with E-state index in [1.807, 2.05) is 0 Å². The zero-order chi connectivity index (χ0) is 64.8. The van der Waals surface area contributed by atoms with E-state index >= 15 is 0 Å². The highest BCUT2D eigenvalue weighted by Crippen LogP contribution is 2.14. The number of rotatable bonds is 39. The minimum atomic E-state index is -1.89. The van der Waals surface area contributed by atoms with Crippen molar-refractivity contribution in [2.24, 2.45) is 28.1 Å². The second kappa shape index (κ2) is 36.9. The number of nitrogens with one attached hydrogen (secondary N) is 9. The number of benzene rings is 2. The second-order valence-electron chi connectivity index (χ2n) is 20.0. The molecule has 33 nitrogen and oxygen atoms in total. The SMILES string of the molecule is CC(C)[C@H](NC(=O)[C@H](CCC(=O)O)NC(=O)[C@@H](N)CO)C(=O)N[C@@H](CO)C(=O)N[C@@H](Cc1ccc(O)cc1)C(=O)N[C@@H](CCC(=O)O)C(=O)N[C@@H](C)C(=O)N[C@@H](CCC(=O)O)C(=O)N[C@@H](Cc1ccccc1)C(=O)N[C@@H](CCCN=C(N)N)C(=O)O. The van der Waals surface area contributed by atoms with Gasteiger partial charge in [0.15, 0.2) is 5.96 Å². The highest BCUT2D eigenvalue weighted by atomic mass is 16.4. The van der Waals surface area contributed by atoms with E-state index in [4.69, 9.17) is 17.2 Å². The van der Waals surface area contributed by atoms with Crippen LogP contribution >= 0.6 is 0 Å². The maximum Gasteiger partial charge on any atom is 0.326 e. The predicted molar refractivity (Wildman–Crippen MR) is 300 cm³/mol. The fourth-order valence-electron chi connectivity index (χ4n) is 7.88. The second-order valence-corrected chi connectivity index (χ2v) is 20.0. The molecule has 0 fully saturated rings. The van der Waals surface area contributed by atoms with E-state index < -0.39 is 202 Å². The van der Waals surface area contributed by atoms with Crippen molar-refractivity contribution >= 4 is 83.0 Å². The Balaban J connectivity index is 2.42. The number of aliphatic carboxylic acids is 4. The molecule has 0 aliphatic carbocycles. The van der Waals surface area contributed by atoms with E-state index in [1.54, 1.807) is 30.3 Å². The van der Waals surface area contributed by atoms with Crippen molar-refractivity contribution in [2.45, 2.75) is 145 Å². The summed E-state index contributed by atoms with van der Waals surface area (Å²) in [7, 11) is 0. The summed E-state index contributed by atoms with van der Waals surface area (Å²) < 4.78 is 0. The van der Waals surface area contributed by atoms with Crippen LogP contribution in [0.3, 0.4) is 0 Å². The summed E-state index contributed by atoms with van der Waals surface area (Å²) in [5.41, 5.74) is 17.0. The van der Waals surface area contributed by atoms with Gasteiger partial charge in [-0.15, -0.1) is 0 Å². The Morgan fingerprint density at radius 1 is 0.453 bits per heavy atom. The number of aliphatic hydroxyl groups excluding tert-OH is 2. The number of nitrogens with zero attached hydrogens (tertiary/aromatic N) is 1. The summed E-state index contributed by atoms with van der Waals surface area (Å²) in [6.45, 7) is 2.09. The van der Waals surface area contributed by atoms with Crippen molar-refractivity contribution < 1.29 is 98.1 Å². The van der Waals surface area contributed by atoms with Gasteiger partial charge in [-0.3, -0.25) is 62.5 Å². The summed E-state index contributed by atoms with van der Waals surface area (Å²) in [4.78, 5) is 174. The van der Waals surface area contributed by atoms with Crippen LogP contribution in [0.2, 0.25) is 0 Å². The molecule has 9 amide bonds. The Morgan fingerprint density at radius 2 is 0.849 bits per heavy atom. The fraction of sp³-hybridized carbons (Fsp3) is 0.509. The largest absolute Gasteiger partial charge is 0.508 e. The minimum absolute atomic E-state index is 0.0279. The molecule has 0 spiro atoms. The first-order valence-electron chi connectivity index (χ1n) is 26.9. The normalized spacial score (nSPS) is 14.4. The lowest BCUT2D eigenvalue weighted by Gasteiger charge is -2.28. The molecule has 86 heavy (non-hydrogen) atoms. The number of carboxylic acids is 4. The lowest BCUT2D eigenvalue weighted by atomic mass is 10.0. The predicted octanol–water partition coefficient (Wildman–Crippen LogP) is -5.74. The Morgan fingerprint density at radius 3 is 1.29 bits per heavy atom. The van der Waals surface area contributed by atoms with Crippen molar-refractivity contribution in [2.75, 3.05) is 19.8 Å². The minimum Gasteiger partial charge on any atom is -0.508 e. The molecule has 0 radical (unpaired) electrons. The first-order chi connectivity index (χ1) is 40.5. The molecular formula is C53H77N13O20. The van der Waals surface area contributed by atoms with Crippen LogP contribution in [-0.4, -0.2) is 199 Å². The third kappa shape index (κ3) is 26.8. The number of carboxylic acid groups (broad SMARTS) is 4. The number of hydrogen-bond acceptors (Lipinski definition) is 18. The summed E-state index contributed by atoms with van der Waals surface area (Å²) in [5.74, 6) is -16.9. The molecule has 0 saturated carbocycles. The van der Waals surface area contributed by atoms with Gasteiger partial charge in [0.25, 0.3) is 0 Å². The van der Waals surface area contributed by atoms with Crippen LogP contribution in [0.4, 0.5) is 0 Å². The zero-order valence-corrected chi connectivity index (χ0v) is 47.4. The maximum atomic E-state index is 14.2. The number of carbonyl (C=O) groups excluding carboxylic acids is 9. The summed E-state index contributed by atoms with van der Waals surface area (Å²) >= 11 is 0. The van der Waals surface area contributed by atoms with Gasteiger partial charge >= 0.3 is 23.9 Å². The molecule has 0 heterocycles. The quantitative estimate of drug-likeness (QED) is 0.0168. The van der Waals surface area contributed by atoms with Crippen molar-refractivity contribution in [3.63, 3.8) is 0 Å². The number of aliphatic hydroxyl groups is 2. The maximum absolute atomic E-state index is 14.2. The van der Waals surface area contributed by atoms with Gasteiger partial charge in [0.1, 0.15) is 66.2 Å². The van der Waals surface area contributed by atoms with E-state index in [1.165, 1.54) is 38.1 Å². The lowest BCUT2D eigenvalue weighted by molar-refractivity contribution is -0.142. The average Bonchev–Trinajstić information content (AvgIpc) is 3.57. The smallest absolute Gasteiger partial charge is 0.326 e. The molecule has 0 bridgehead atoms. The van der Waals surface area contributed by atoms with E-state index in [2.05, 4.69) is 52.8 Å². The third-order valence-electron chi connectivity index (χ3n) is 12.7. The molecule has 0 aromatic heterocycles. The van der Waals surface area contributed by atoms with E-state index in [9.17, 15) is 98.1 Å². The van der Waals surface area contributed by atoms with Gasteiger partial charge in [-0.1, -0.05) is 56.3 Å². The Labute approximate surface area is 492 Å². The zero-order valence-electron chi connectivity index (χ0n) is 47.4. The Kier molecular flexibility index (Phi) is 31.2. The molecule has 2 rings (SSSR count). The van der Waals surface area contributed by atoms with Gasteiger partial charge in [-0.05, 0) is 68.2 Å². The third-order valence-corrected chi connectivity index (χ3v) is 12.7. The number of phenols is 1. The van der Waals surface area contributed by atoms with E-state index in [0.29, 0.717) is 5.56 Å². The summed E-state index contributed by atoms with van der Waals surface area (Å²) in [6.07, 6.45) is -4.52. The number of nitrogens with two attached hydrogens (primary N) is 3. The van der Waals surface area contributed by atoms with Crippen LogP contribution in [0.5, 0.6) is 5.75 Å². The highest BCUT2D eigenvalue weighted by molar-refractivity contribution is 5.99. The van der Waals surface area contributed by atoms with Crippen LogP contribution in [0.25, 0.3) is 0 Å². The van der Waals surface area contributed by atoms with Gasteiger partial charge < -0.3 is 101 Å². The molecule has 474 valence electrons. The van der Waals surface area contributed by atoms with Gasteiger partial charge in [-0.25, -0.2) is 4.79 Å². The van der Waals surface area contributed by atoms with Crippen molar-refractivity contribution in [3.8, 4) is 5.75 Å². The highest BCUT2D eigenvalue weighted by Gasteiger charge is 2.36. The first kappa shape index (κ1) is 72.6. The van der Waals surface area contributed by atoms with Gasteiger partial charge in [0.2, 0.25) is 53.2 Å². The van der Waals surface area contributed by atoms with Crippen molar-refractivity contribution in [1.29, 1.82) is 0 Å². The lowest BCUT2D eigenvalue weighted by Crippen LogP contribution is -2.61. The number of amides is 9. The number of aromatic hydroxyl groups is 1. The monoisotopic (exact) mass is 1220 g/mol. The fourth-order valence-corrected chi connectivity index (χ4v) is 7.88. The van der Waals surface area contributed by atoms with Gasteiger partial charge in [0, 0.05) is 38.6 Å². The number of hydrogen-bond donors (Lipinski definition) is 19. The van der Waals surface area contributed by atoms with E-state index in [-0.39, 0.29) is 43.1 Å². The molecule has 0 aliphatic rings. The Hall–Kier alpha value is -9.50. The molecule has 2 aromatic rings. The number of carbonyl (C=O) groups is 13. The van der Waals surface area contributed by atoms with Crippen LogP contribution in [-0.2, 0) is 75.2 Å². The van der Waals surface area contributed by atoms with Crippen molar-refractivity contribution in [3.05, 3.63) is 65.7 Å². The van der Waals surface area contributed by atoms with Crippen LogP contribution in [0, 0.1) is 5.92 Å². The molecule has 0 saturated heterocycles. The molecule has 33 heteroatoms. The molecule has 0 unspecified atom stereocenters.